The second-order valence-electron chi connectivity index (χ2n) is 6.92. The SMILES string of the molecule is Cc1ccc(C(=O)N/C(=C\c2ccccc2Cl)C(=O)Nc2ccc(S(N)(=O)=O)cc2)cc1. The Bertz CT molecular complexity index is 1290. The monoisotopic (exact) mass is 469 g/mol. The molecule has 0 spiro atoms. The quantitative estimate of drug-likeness (QED) is 0.477. The molecule has 0 fully saturated rings. The van der Waals surface area contributed by atoms with E-state index < -0.39 is 21.8 Å². The van der Waals surface area contributed by atoms with Crippen molar-refractivity contribution in [1.82, 2.24) is 5.32 Å². The van der Waals surface area contributed by atoms with E-state index in [0.29, 0.717) is 21.8 Å². The van der Waals surface area contributed by atoms with Gasteiger partial charge in [-0.2, -0.15) is 0 Å². The van der Waals surface area contributed by atoms with E-state index in [4.69, 9.17) is 16.7 Å². The molecule has 0 aliphatic carbocycles. The summed E-state index contributed by atoms with van der Waals surface area (Å²) in [7, 11) is -3.86. The van der Waals surface area contributed by atoms with Crippen molar-refractivity contribution in [1.29, 1.82) is 0 Å². The van der Waals surface area contributed by atoms with Gasteiger partial charge in [-0.3, -0.25) is 9.59 Å². The van der Waals surface area contributed by atoms with Gasteiger partial charge in [-0.25, -0.2) is 13.6 Å². The highest BCUT2D eigenvalue weighted by Gasteiger charge is 2.16. The Balaban J connectivity index is 1.89. The number of benzene rings is 3. The number of hydrogen-bond acceptors (Lipinski definition) is 4. The topological polar surface area (TPSA) is 118 Å². The largest absolute Gasteiger partial charge is 0.321 e. The number of nitrogens with two attached hydrogens (primary N) is 1. The van der Waals surface area contributed by atoms with Crippen LogP contribution in [0.3, 0.4) is 0 Å². The molecule has 32 heavy (non-hydrogen) atoms. The highest BCUT2D eigenvalue weighted by molar-refractivity contribution is 7.89. The normalized spacial score (nSPS) is 11.7. The van der Waals surface area contributed by atoms with Crippen LogP contribution in [-0.4, -0.2) is 20.2 Å². The summed E-state index contributed by atoms with van der Waals surface area (Å²) >= 11 is 6.21. The van der Waals surface area contributed by atoms with E-state index in [1.54, 1.807) is 48.5 Å². The van der Waals surface area contributed by atoms with Crippen molar-refractivity contribution >= 4 is 45.2 Å². The molecule has 3 aromatic rings. The summed E-state index contributed by atoms with van der Waals surface area (Å²) < 4.78 is 22.8. The predicted octanol–water partition coefficient (Wildman–Crippen LogP) is 3.71. The summed E-state index contributed by atoms with van der Waals surface area (Å²) in [4.78, 5) is 25.6. The van der Waals surface area contributed by atoms with E-state index in [-0.39, 0.29) is 10.6 Å². The lowest BCUT2D eigenvalue weighted by molar-refractivity contribution is -0.113. The average molecular weight is 470 g/mol. The first-order valence-corrected chi connectivity index (χ1v) is 11.3. The number of carbonyl (C=O) groups is 2. The minimum atomic E-state index is -3.86. The molecule has 9 heteroatoms. The Morgan fingerprint density at radius 3 is 2.16 bits per heavy atom. The molecule has 0 bridgehead atoms. The van der Waals surface area contributed by atoms with Crippen LogP contribution in [0.1, 0.15) is 21.5 Å². The molecule has 2 amide bonds. The Hall–Kier alpha value is -3.46. The standard InChI is InChI=1S/C23H20ClN3O4S/c1-15-6-8-16(9-7-15)22(28)27-21(14-17-4-2-3-5-20(17)24)23(29)26-18-10-12-19(13-11-18)32(25,30)31/h2-14H,1H3,(H,26,29)(H,27,28)(H2,25,30,31)/b21-14-. The molecule has 0 aliphatic rings. The summed E-state index contributed by atoms with van der Waals surface area (Å²) in [6, 6.07) is 19.1. The Kier molecular flexibility index (Phi) is 7.09. The first-order chi connectivity index (χ1) is 15.1. The van der Waals surface area contributed by atoms with Gasteiger partial charge in [0.2, 0.25) is 10.0 Å². The number of primary sulfonamides is 1. The Morgan fingerprint density at radius 2 is 1.56 bits per heavy atom. The van der Waals surface area contributed by atoms with E-state index in [9.17, 15) is 18.0 Å². The van der Waals surface area contributed by atoms with Crippen molar-refractivity contribution in [2.75, 3.05) is 5.32 Å². The van der Waals surface area contributed by atoms with Gasteiger partial charge in [0.25, 0.3) is 11.8 Å². The third-order valence-corrected chi connectivity index (χ3v) is 5.73. The van der Waals surface area contributed by atoms with E-state index in [1.165, 1.54) is 30.3 Å². The number of halogens is 1. The molecule has 164 valence electrons. The molecule has 4 N–H and O–H groups in total. The smallest absolute Gasteiger partial charge is 0.272 e. The number of sulfonamides is 1. The molecule has 0 aromatic heterocycles. The zero-order valence-corrected chi connectivity index (χ0v) is 18.6. The number of hydrogen-bond donors (Lipinski definition) is 3. The fourth-order valence-electron chi connectivity index (χ4n) is 2.73. The number of amides is 2. The fraction of sp³-hybridized carbons (Fsp3) is 0.0435. The number of aryl methyl sites for hydroxylation is 1. The molecule has 0 saturated heterocycles. The van der Waals surface area contributed by atoms with Crippen LogP contribution in [0.15, 0.2) is 83.4 Å². The van der Waals surface area contributed by atoms with Crippen LogP contribution >= 0.6 is 11.6 Å². The summed E-state index contributed by atoms with van der Waals surface area (Å²) in [6.45, 7) is 1.90. The van der Waals surface area contributed by atoms with E-state index in [2.05, 4.69) is 10.6 Å². The van der Waals surface area contributed by atoms with Gasteiger partial charge >= 0.3 is 0 Å². The number of rotatable bonds is 6. The van der Waals surface area contributed by atoms with Crippen molar-refractivity contribution in [3.63, 3.8) is 0 Å². The highest BCUT2D eigenvalue weighted by atomic mass is 35.5. The third kappa shape index (κ3) is 6.04. The minimum Gasteiger partial charge on any atom is -0.321 e. The van der Waals surface area contributed by atoms with E-state index in [0.717, 1.165) is 5.56 Å². The van der Waals surface area contributed by atoms with Gasteiger partial charge < -0.3 is 10.6 Å². The van der Waals surface area contributed by atoms with Crippen molar-refractivity contribution in [2.45, 2.75) is 11.8 Å². The van der Waals surface area contributed by atoms with Crippen molar-refractivity contribution in [3.8, 4) is 0 Å². The molecule has 3 aromatic carbocycles. The van der Waals surface area contributed by atoms with Crippen molar-refractivity contribution in [2.24, 2.45) is 5.14 Å². The summed E-state index contributed by atoms with van der Waals surface area (Å²) in [6.07, 6.45) is 1.46. The molecular formula is C23H20ClN3O4S. The maximum Gasteiger partial charge on any atom is 0.272 e. The lowest BCUT2D eigenvalue weighted by atomic mass is 10.1. The number of carbonyl (C=O) groups excluding carboxylic acids is 2. The van der Waals surface area contributed by atoms with Crippen molar-refractivity contribution < 1.29 is 18.0 Å². The second kappa shape index (κ2) is 9.78. The molecule has 7 nitrogen and oxygen atoms in total. The van der Waals surface area contributed by atoms with Gasteiger partial charge in [-0.1, -0.05) is 47.5 Å². The van der Waals surface area contributed by atoms with Gasteiger partial charge in [0.05, 0.1) is 4.90 Å². The summed E-state index contributed by atoms with van der Waals surface area (Å²) in [5.41, 5.74) is 2.18. The van der Waals surface area contributed by atoms with Crippen LogP contribution in [0, 0.1) is 6.92 Å². The molecule has 3 rings (SSSR count). The highest BCUT2D eigenvalue weighted by Crippen LogP contribution is 2.19. The minimum absolute atomic E-state index is 0.0424. The van der Waals surface area contributed by atoms with Gasteiger partial charge in [-0.15, -0.1) is 0 Å². The predicted molar refractivity (Wildman–Crippen MR) is 125 cm³/mol. The lowest BCUT2D eigenvalue weighted by Gasteiger charge is -2.12. The molecule has 0 heterocycles. The van der Waals surface area contributed by atoms with E-state index >= 15 is 0 Å². The van der Waals surface area contributed by atoms with Crippen LogP contribution in [0.4, 0.5) is 5.69 Å². The van der Waals surface area contributed by atoms with Gasteiger partial charge in [0.1, 0.15) is 5.70 Å². The van der Waals surface area contributed by atoms with Gasteiger partial charge in [-0.05, 0) is 61.0 Å². The maximum atomic E-state index is 13.0. The van der Waals surface area contributed by atoms with Crippen molar-refractivity contribution in [3.05, 3.63) is 100 Å². The zero-order chi connectivity index (χ0) is 23.3. The summed E-state index contributed by atoms with van der Waals surface area (Å²) in [5.74, 6) is -1.09. The van der Waals surface area contributed by atoms with Gasteiger partial charge in [0.15, 0.2) is 0 Å². The van der Waals surface area contributed by atoms with Crippen LogP contribution in [0.25, 0.3) is 6.08 Å². The Labute approximate surface area is 191 Å². The Morgan fingerprint density at radius 1 is 0.938 bits per heavy atom. The van der Waals surface area contributed by atoms with Gasteiger partial charge in [0, 0.05) is 16.3 Å². The molecule has 0 saturated carbocycles. The summed E-state index contributed by atoms with van der Waals surface area (Å²) in [5, 5.41) is 10.7. The zero-order valence-electron chi connectivity index (χ0n) is 17.0. The molecule has 0 radical (unpaired) electrons. The lowest BCUT2D eigenvalue weighted by Crippen LogP contribution is -2.30. The maximum absolute atomic E-state index is 13.0. The third-order valence-electron chi connectivity index (χ3n) is 4.45. The van der Waals surface area contributed by atoms with Crippen LogP contribution < -0.4 is 15.8 Å². The molecular weight excluding hydrogens is 450 g/mol. The molecule has 0 unspecified atom stereocenters. The first-order valence-electron chi connectivity index (χ1n) is 9.42. The molecule has 0 atom stereocenters. The average Bonchev–Trinajstić information content (AvgIpc) is 2.75. The van der Waals surface area contributed by atoms with Crippen LogP contribution in [0.5, 0.6) is 0 Å². The van der Waals surface area contributed by atoms with Crippen LogP contribution in [-0.2, 0) is 14.8 Å². The molecule has 0 aliphatic heterocycles. The number of anilines is 1. The first kappa shape index (κ1) is 23.2. The van der Waals surface area contributed by atoms with E-state index in [1.807, 2.05) is 6.92 Å². The number of nitrogens with one attached hydrogen (secondary N) is 2. The second-order valence-corrected chi connectivity index (χ2v) is 8.89. The van der Waals surface area contributed by atoms with Crippen LogP contribution in [0.2, 0.25) is 5.02 Å². The fourth-order valence-corrected chi connectivity index (χ4v) is 3.44.